The van der Waals surface area contributed by atoms with Crippen molar-refractivity contribution in [1.29, 1.82) is 0 Å². The summed E-state index contributed by atoms with van der Waals surface area (Å²) in [4.78, 5) is 0. The quantitative estimate of drug-likeness (QED) is 0.196. The molecule has 0 saturated carbocycles. The zero-order valence-corrected chi connectivity index (χ0v) is 19.8. The second-order valence-electron chi connectivity index (χ2n) is 7.55. The number of ether oxygens (including phenoxy) is 1. The van der Waals surface area contributed by atoms with Crippen LogP contribution in [0.25, 0.3) is 0 Å². The van der Waals surface area contributed by atoms with Gasteiger partial charge in [-0.2, -0.15) is 0 Å². The first-order chi connectivity index (χ1) is 12.2. The van der Waals surface area contributed by atoms with E-state index in [4.69, 9.17) is 4.74 Å². The van der Waals surface area contributed by atoms with Gasteiger partial charge in [0, 0.05) is 0 Å². The molecule has 0 spiro atoms. The summed E-state index contributed by atoms with van der Waals surface area (Å²) < 4.78 is 12.3. The van der Waals surface area contributed by atoms with Gasteiger partial charge in [0.1, 0.15) is 0 Å². The second kappa shape index (κ2) is 13.9. The predicted octanol–water partition coefficient (Wildman–Crippen LogP) is 7.71. The van der Waals surface area contributed by atoms with E-state index in [0.717, 1.165) is 11.0 Å². The van der Waals surface area contributed by atoms with Crippen molar-refractivity contribution in [2.24, 2.45) is 0 Å². The Morgan fingerprint density at radius 1 is 0.920 bits per heavy atom. The van der Waals surface area contributed by atoms with Crippen molar-refractivity contribution in [2.45, 2.75) is 85.1 Å². The molecule has 142 valence electrons. The maximum atomic E-state index is 6.65. The fraction of sp³-hybridized carbons (Fsp3) is 0.652. The van der Waals surface area contributed by atoms with Gasteiger partial charge in [-0.1, -0.05) is 0 Å². The summed E-state index contributed by atoms with van der Waals surface area (Å²) in [6, 6.07) is 10.7. The summed E-state index contributed by atoms with van der Waals surface area (Å²) in [7, 11) is 0. The molecule has 1 aromatic rings. The van der Waals surface area contributed by atoms with Crippen LogP contribution in [0.4, 0.5) is 0 Å². The minimum atomic E-state index is -2.21. The van der Waals surface area contributed by atoms with Crippen LogP contribution in [0.3, 0.4) is 0 Å². The average molecular weight is 451 g/mol. The number of unbranched alkanes of at least 4 members (excludes halogenated alkanes) is 3. The molecular weight excluding hydrogens is 411 g/mol. The van der Waals surface area contributed by atoms with Crippen LogP contribution in [0.5, 0.6) is 0 Å². The molecule has 1 aromatic carbocycles. The Morgan fingerprint density at radius 3 is 1.88 bits per heavy atom. The van der Waals surface area contributed by atoms with Crippen LogP contribution >= 0.6 is 0 Å². The SMILES string of the molecule is C=CCC(O[CH2][Sn]([CH2]CCC)([CH2]CCC)[CH2]CCC)c1ccccc1. The summed E-state index contributed by atoms with van der Waals surface area (Å²) in [6.07, 6.45) is 11.3. The standard InChI is InChI=1S/C11H13O.3C4H9.Sn/c1-3-7-11(12-2)10-8-5-4-6-9-10;3*1-3-4-2;/h3-6,8-9,11H,1-2,7H2;3*1,3-4H2,2H3;. The van der Waals surface area contributed by atoms with Gasteiger partial charge >= 0.3 is 161 Å². The molecule has 1 unspecified atom stereocenters. The molecule has 0 N–H and O–H groups in total. The van der Waals surface area contributed by atoms with E-state index in [1.54, 1.807) is 0 Å². The summed E-state index contributed by atoms with van der Waals surface area (Å²) >= 11 is -2.21. The molecule has 1 nitrogen and oxygen atoms in total. The van der Waals surface area contributed by atoms with Crippen molar-refractivity contribution in [3.05, 3.63) is 48.6 Å². The molecule has 0 aromatic heterocycles. The van der Waals surface area contributed by atoms with Crippen molar-refractivity contribution in [1.82, 2.24) is 0 Å². The van der Waals surface area contributed by atoms with Crippen LogP contribution in [0.15, 0.2) is 43.0 Å². The molecule has 0 aliphatic heterocycles. The molecule has 0 saturated heterocycles. The summed E-state index contributed by atoms with van der Waals surface area (Å²) in [5.41, 5.74) is 1.31. The van der Waals surface area contributed by atoms with E-state index in [0.29, 0.717) is 0 Å². The van der Waals surface area contributed by atoms with Gasteiger partial charge < -0.3 is 0 Å². The third-order valence-electron chi connectivity index (χ3n) is 5.32. The molecule has 1 rings (SSSR count). The Balaban J connectivity index is 2.85. The Hall–Kier alpha value is -0.281. The Morgan fingerprint density at radius 2 is 1.44 bits per heavy atom. The Bertz CT molecular complexity index is 421. The van der Waals surface area contributed by atoms with E-state index in [9.17, 15) is 0 Å². The summed E-state index contributed by atoms with van der Waals surface area (Å²) in [5, 5.41) is 0. The van der Waals surface area contributed by atoms with E-state index < -0.39 is 18.4 Å². The topological polar surface area (TPSA) is 9.23 Å². The van der Waals surface area contributed by atoms with Crippen molar-refractivity contribution in [3.63, 3.8) is 0 Å². The number of hydrogen-bond donors (Lipinski definition) is 0. The van der Waals surface area contributed by atoms with Gasteiger partial charge in [-0.3, -0.25) is 0 Å². The molecule has 1 atom stereocenters. The number of rotatable bonds is 15. The van der Waals surface area contributed by atoms with Crippen LogP contribution in [-0.2, 0) is 4.74 Å². The van der Waals surface area contributed by atoms with Crippen molar-refractivity contribution >= 4 is 18.4 Å². The van der Waals surface area contributed by atoms with Gasteiger partial charge in [-0.05, 0) is 0 Å². The normalized spacial score (nSPS) is 12.9. The molecule has 0 aliphatic rings. The van der Waals surface area contributed by atoms with E-state index in [1.165, 1.54) is 57.4 Å². The van der Waals surface area contributed by atoms with Crippen molar-refractivity contribution in [3.8, 4) is 0 Å². The molecule has 0 amide bonds. The van der Waals surface area contributed by atoms with E-state index in [2.05, 4.69) is 57.7 Å². The molecule has 0 aliphatic carbocycles. The zero-order valence-electron chi connectivity index (χ0n) is 16.9. The molecule has 0 radical (unpaired) electrons. The third-order valence-corrected chi connectivity index (χ3v) is 19.7. The molecule has 2 heteroatoms. The fourth-order valence-corrected chi connectivity index (χ4v) is 18.1. The monoisotopic (exact) mass is 452 g/mol. The fourth-order valence-electron chi connectivity index (χ4n) is 3.64. The van der Waals surface area contributed by atoms with Crippen molar-refractivity contribution < 1.29 is 4.74 Å². The Labute approximate surface area is 161 Å². The van der Waals surface area contributed by atoms with Crippen LogP contribution in [0.1, 0.15) is 77.4 Å². The van der Waals surface area contributed by atoms with Gasteiger partial charge in [-0.15, -0.1) is 0 Å². The molecule has 25 heavy (non-hydrogen) atoms. The zero-order chi connectivity index (χ0) is 18.4. The Kier molecular flexibility index (Phi) is 12.6. The van der Waals surface area contributed by atoms with E-state index in [-0.39, 0.29) is 6.10 Å². The minimum absolute atomic E-state index is 0.194. The van der Waals surface area contributed by atoms with Crippen LogP contribution in [-0.4, -0.2) is 23.0 Å². The van der Waals surface area contributed by atoms with Gasteiger partial charge in [0.05, 0.1) is 0 Å². The van der Waals surface area contributed by atoms with Crippen molar-refractivity contribution in [2.75, 3.05) is 4.62 Å². The average Bonchev–Trinajstić information content (AvgIpc) is 2.66. The first kappa shape index (κ1) is 22.8. The van der Waals surface area contributed by atoms with E-state index in [1.807, 2.05) is 6.08 Å². The predicted molar refractivity (Wildman–Crippen MR) is 115 cm³/mol. The number of hydrogen-bond acceptors (Lipinski definition) is 1. The summed E-state index contributed by atoms with van der Waals surface area (Å²) in [5.74, 6) is 0. The van der Waals surface area contributed by atoms with Crippen LogP contribution in [0, 0.1) is 0 Å². The third kappa shape index (κ3) is 8.77. The van der Waals surface area contributed by atoms with Gasteiger partial charge in [0.2, 0.25) is 0 Å². The molecule has 0 bridgehead atoms. The van der Waals surface area contributed by atoms with Gasteiger partial charge in [0.15, 0.2) is 0 Å². The molecule has 0 heterocycles. The molecular formula is C23H40OSn. The van der Waals surface area contributed by atoms with E-state index >= 15 is 0 Å². The number of benzene rings is 1. The first-order valence-electron chi connectivity index (χ1n) is 10.5. The molecule has 0 fully saturated rings. The van der Waals surface area contributed by atoms with Crippen LogP contribution < -0.4 is 0 Å². The maximum absolute atomic E-state index is 6.65. The first-order valence-corrected chi connectivity index (χ1v) is 18.6. The van der Waals surface area contributed by atoms with Crippen LogP contribution in [0.2, 0.25) is 13.3 Å². The summed E-state index contributed by atoms with van der Waals surface area (Å²) in [6.45, 7) is 11.0. The second-order valence-corrected chi connectivity index (χ2v) is 21.2. The van der Waals surface area contributed by atoms with Gasteiger partial charge in [-0.25, -0.2) is 0 Å². The van der Waals surface area contributed by atoms with Gasteiger partial charge in [0.25, 0.3) is 0 Å².